The van der Waals surface area contributed by atoms with Gasteiger partial charge in [0, 0.05) is 38.3 Å². The summed E-state index contributed by atoms with van der Waals surface area (Å²) >= 11 is 0. The molecule has 0 saturated carbocycles. The van der Waals surface area contributed by atoms with Gasteiger partial charge in [-0.1, -0.05) is 6.07 Å². The highest BCUT2D eigenvalue weighted by Gasteiger charge is 2.25. The fraction of sp³-hybridized carbons (Fsp3) is 0.600. The van der Waals surface area contributed by atoms with Gasteiger partial charge in [-0.25, -0.2) is 8.78 Å². The number of likely N-dealkylation sites (tertiary alicyclic amines) is 1. The van der Waals surface area contributed by atoms with Gasteiger partial charge in [0.25, 0.3) is 0 Å². The fourth-order valence-electron chi connectivity index (χ4n) is 2.66. The minimum atomic E-state index is -0.456. The summed E-state index contributed by atoms with van der Waals surface area (Å²) in [6.07, 6.45) is 2.14. The second-order valence-electron chi connectivity index (χ2n) is 5.16. The van der Waals surface area contributed by atoms with Crippen LogP contribution in [0, 0.1) is 11.6 Å². The maximum absolute atomic E-state index is 13.7. The van der Waals surface area contributed by atoms with Gasteiger partial charge in [-0.2, -0.15) is 0 Å². The Labute approximate surface area is 118 Å². The Hall–Kier alpha value is -1.04. The quantitative estimate of drug-likeness (QED) is 0.777. The minimum absolute atomic E-state index is 0.177. The van der Waals surface area contributed by atoms with Crippen LogP contribution in [0.5, 0.6) is 0 Å². The monoisotopic (exact) mass is 284 g/mol. The molecule has 0 aromatic heterocycles. The molecule has 1 aromatic rings. The molecule has 20 heavy (non-hydrogen) atoms. The molecule has 0 amide bonds. The third-order valence-corrected chi connectivity index (χ3v) is 3.78. The number of methoxy groups -OCH3 is 1. The van der Waals surface area contributed by atoms with Crippen LogP contribution in [0.1, 0.15) is 18.4 Å². The normalized spacial score (nSPS) is 19.6. The van der Waals surface area contributed by atoms with E-state index in [-0.39, 0.29) is 5.56 Å². The van der Waals surface area contributed by atoms with E-state index in [1.807, 2.05) is 0 Å². The summed E-state index contributed by atoms with van der Waals surface area (Å²) in [4.78, 5) is 2.15. The van der Waals surface area contributed by atoms with Crippen LogP contribution in [0.15, 0.2) is 18.2 Å². The molecule has 5 heteroatoms. The minimum Gasteiger partial charge on any atom is -0.383 e. The fourth-order valence-corrected chi connectivity index (χ4v) is 2.66. The zero-order valence-corrected chi connectivity index (χ0v) is 11.9. The van der Waals surface area contributed by atoms with Crippen molar-refractivity contribution in [1.29, 1.82) is 0 Å². The first-order chi connectivity index (χ1) is 9.72. The second kappa shape index (κ2) is 7.67. The Morgan fingerprint density at radius 1 is 1.35 bits per heavy atom. The third kappa shape index (κ3) is 3.98. The summed E-state index contributed by atoms with van der Waals surface area (Å²) in [6, 6.07) is 4.38. The molecule has 1 fully saturated rings. The standard InChI is InChI=1S/C15H22F2N2O/c1-20-9-7-18-10-12-4-3-8-19(12)11-13-14(16)5-2-6-15(13)17/h2,5-6,12,18H,3-4,7-11H2,1H3. The van der Waals surface area contributed by atoms with Crippen LogP contribution in [0.2, 0.25) is 0 Å². The van der Waals surface area contributed by atoms with Crippen molar-refractivity contribution in [2.75, 3.05) is 33.4 Å². The average Bonchev–Trinajstić information content (AvgIpc) is 2.87. The van der Waals surface area contributed by atoms with E-state index in [1.54, 1.807) is 7.11 Å². The Morgan fingerprint density at radius 2 is 2.10 bits per heavy atom. The zero-order valence-electron chi connectivity index (χ0n) is 11.9. The topological polar surface area (TPSA) is 24.5 Å². The van der Waals surface area contributed by atoms with Crippen LogP contribution < -0.4 is 5.32 Å². The van der Waals surface area contributed by atoms with Crippen LogP contribution in [0.4, 0.5) is 8.78 Å². The lowest BCUT2D eigenvalue weighted by molar-refractivity contribution is 0.190. The third-order valence-electron chi connectivity index (χ3n) is 3.78. The van der Waals surface area contributed by atoms with Crippen molar-refractivity contribution in [3.63, 3.8) is 0 Å². The van der Waals surface area contributed by atoms with E-state index in [2.05, 4.69) is 10.2 Å². The van der Waals surface area contributed by atoms with Crippen LogP contribution in [0.3, 0.4) is 0 Å². The van der Waals surface area contributed by atoms with Crippen molar-refractivity contribution in [2.24, 2.45) is 0 Å². The summed E-state index contributed by atoms with van der Waals surface area (Å²) in [5.74, 6) is -0.911. The van der Waals surface area contributed by atoms with Gasteiger partial charge < -0.3 is 10.1 Å². The van der Waals surface area contributed by atoms with E-state index in [0.29, 0.717) is 19.2 Å². The van der Waals surface area contributed by atoms with Gasteiger partial charge in [0.1, 0.15) is 11.6 Å². The first kappa shape index (κ1) is 15.4. The molecule has 0 spiro atoms. The van der Waals surface area contributed by atoms with Crippen molar-refractivity contribution >= 4 is 0 Å². The Morgan fingerprint density at radius 3 is 2.80 bits per heavy atom. The number of ether oxygens (including phenoxy) is 1. The second-order valence-corrected chi connectivity index (χ2v) is 5.16. The molecular weight excluding hydrogens is 262 g/mol. The summed E-state index contributed by atoms with van der Waals surface area (Å²) < 4.78 is 32.4. The van der Waals surface area contributed by atoms with Gasteiger partial charge in [-0.05, 0) is 31.5 Å². The molecule has 1 aromatic carbocycles. The predicted molar refractivity (Wildman–Crippen MR) is 74.5 cm³/mol. The van der Waals surface area contributed by atoms with Crippen LogP contribution in [-0.2, 0) is 11.3 Å². The summed E-state index contributed by atoms with van der Waals surface area (Å²) in [5.41, 5.74) is 0.177. The van der Waals surface area contributed by atoms with Crippen LogP contribution in [0.25, 0.3) is 0 Å². The van der Waals surface area contributed by atoms with Gasteiger partial charge in [0.2, 0.25) is 0 Å². The van der Waals surface area contributed by atoms with Crippen molar-refractivity contribution in [3.8, 4) is 0 Å². The molecule has 0 bridgehead atoms. The van der Waals surface area contributed by atoms with Gasteiger partial charge in [-0.15, -0.1) is 0 Å². The van der Waals surface area contributed by atoms with Crippen LogP contribution in [-0.4, -0.2) is 44.3 Å². The van der Waals surface area contributed by atoms with Crippen molar-refractivity contribution in [3.05, 3.63) is 35.4 Å². The van der Waals surface area contributed by atoms with Gasteiger partial charge in [0.05, 0.1) is 6.61 Å². The number of hydrogen-bond acceptors (Lipinski definition) is 3. The molecule has 1 aliphatic heterocycles. The summed E-state index contributed by atoms with van der Waals surface area (Å²) in [6.45, 7) is 3.54. The molecule has 1 aliphatic rings. The number of halogens is 2. The van der Waals surface area contributed by atoms with Gasteiger partial charge >= 0.3 is 0 Å². The summed E-state index contributed by atoms with van der Waals surface area (Å²) in [5, 5.41) is 3.32. The van der Waals surface area contributed by atoms with Crippen molar-refractivity contribution in [1.82, 2.24) is 10.2 Å². The molecule has 1 saturated heterocycles. The van der Waals surface area contributed by atoms with E-state index in [0.717, 1.165) is 32.5 Å². The molecule has 2 rings (SSSR count). The van der Waals surface area contributed by atoms with Crippen LogP contribution >= 0.6 is 0 Å². The smallest absolute Gasteiger partial charge is 0.130 e. The molecule has 1 unspecified atom stereocenters. The number of benzene rings is 1. The first-order valence-electron chi connectivity index (χ1n) is 7.09. The molecule has 0 radical (unpaired) electrons. The zero-order chi connectivity index (χ0) is 14.4. The number of hydrogen-bond donors (Lipinski definition) is 1. The molecule has 1 N–H and O–H groups in total. The molecule has 0 aliphatic carbocycles. The van der Waals surface area contributed by atoms with E-state index >= 15 is 0 Å². The number of nitrogens with zero attached hydrogens (tertiary/aromatic N) is 1. The SMILES string of the molecule is COCCNCC1CCCN1Cc1c(F)cccc1F. The Balaban J connectivity index is 1.90. The maximum atomic E-state index is 13.7. The largest absolute Gasteiger partial charge is 0.383 e. The Bertz CT molecular complexity index is 408. The summed E-state index contributed by atoms with van der Waals surface area (Å²) in [7, 11) is 1.67. The van der Waals surface area contributed by atoms with E-state index in [1.165, 1.54) is 18.2 Å². The van der Waals surface area contributed by atoms with E-state index in [4.69, 9.17) is 4.74 Å². The van der Waals surface area contributed by atoms with Crippen molar-refractivity contribution in [2.45, 2.75) is 25.4 Å². The Kier molecular flexibility index (Phi) is 5.88. The average molecular weight is 284 g/mol. The first-order valence-corrected chi connectivity index (χ1v) is 7.09. The molecule has 3 nitrogen and oxygen atoms in total. The maximum Gasteiger partial charge on any atom is 0.130 e. The molecule has 1 heterocycles. The van der Waals surface area contributed by atoms with E-state index in [9.17, 15) is 8.78 Å². The molecule has 1 atom stereocenters. The predicted octanol–water partition coefficient (Wildman–Crippen LogP) is 2.17. The van der Waals surface area contributed by atoms with Gasteiger partial charge in [-0.3, -0.25) is 4.90 Å². The van der Waals surface area contributed by atoms with E-state index < -0.39 is 11.6 Å². The lowest BCUT2D eigenvalue weighted by Crippen LogP contribution is -2.38. The molecule has 112 valence electrons. The number of rotatable bonds is 7. The van der Waals surface area contributed by atoms with Crippen molar-refractivity contribution < 1.29 is 13.5 Å². The molecular formula is C15H22F2N2O. The highest BCUT2D eigenvalue weighted by Crippen LogP contribution is 2.22. The highest BCUT2D eigenvalue weighted by molar-refractivity contribution is 5.19. The lowest BCUT2D eigenvalue weighted by Gasteiger charge is -2.25. The lowest BCUT2D eigenvalue weighted by atomic mass is 10.1. The number of nitrogens with one attached hydrogen (secondary N) is 1. The highest BCUT2D eigenvalue weighted by atomic mass is 19.1. The van der Waals surface area contributed by atoms with Gasteiger partial charge in [0.15, 0.2) is 0 Å².